The molecule has 2 aliphatic rings. The van der Waals surface area contributed by atoms with E-state index in [1.807, 2.05) is 6.07 Å². The molecule has 1 N–H and O–H groups in total. The Kier molecular flexibility index (Phi) is 4.84. The molecule has 1 fully saturated rings. The Balaban J connectivity index is 1.58. The molecule has 0 aromatic heterocycles. The minimum Gasteiger partial charge on any atom is -0.368 e. The first kappa shape index (κ1) is 18.3. The highest BCUT2D eigenvalue weighted by Crippen LogP contribution is 2.33. The van der Waals surface area contributed by atoms with E-state index in [2.05, 4.69) is 4.72 Å². The van der Waals surface area contributed by atoms with E-state index in [0.29, 0.717) is 23.9 Å². The third-order valence-electron chi connectivity index (χ3n) is 4.83. The maximum atomic E-state index is 12.7. The van der Waals surface area contributed by atoms with Crippen LogP contribution < -0.4 is 9.62 Å². The van der Waals surface area contributed by atoms with E-state index in [1.165, 1.54) is 24.3 Å². The Labute approximate surface area is 163 Å². The molecular formula is C19H19ClN2O4S. The first-order chi connectivity index (χ1) is 12.9. The molecule has 1 amide bonds. The number of nitrogens with zero attached hydrogens (tertiary/aromatic N) is 1. The summed E-state index contributed by atoms with van der Waals surface area (Å²) in [7, 11) is -3.74. The zero-order valence-electron chi connectivity index (χ0n) is 14.5. The van der Waals surface area contributed by atoms with Gasteiger partial charge in [-0.2, -0.15) is 0 Å². The van der Waals surface area contributed by atoms with Crippen LogP contribution in [-0.4, -0.2) is 33.6 Å². The van der Waals surface area contributed by atoms with Gasteiger partial charge in [-0.05, 0) is 61.2 Å². The van der Waals surface area contributed by atoms with Gasteiger partial charge in [0.1, 0.15) is 6.10 Å². The molecule has 2 heterocycles. The monoisotopic (exact) mass is 406 g/mol. The fourth-order valence-corrected chi connectivity index (χ4v) is 4.62. The van der Waals surface area contributed by atoms with Crippen molar-refractivity contribution in [1.29, 1.82) is 0 Å². The molecular weight excluding hydrogens is 388 g/mol. The molecule has 4 rings (SSSR count). The molecule has 0 spiro atoms. The van der Waals surface area contributed by atoms with Crippen molar-refractivity contribution in [3.63, 3.8) is 0 Å². The number of rotatable bonds is 4. The molecule has 8 heteroatoms. The standard InChI is InChI=1S/C19H19ClN2O4S/c20-14-4-7-16(8-5-14)27(24,25)21-15-6-3-13-9-10-22(17(13)12-15)19(23)18-2-1-11-26-18/h3-8,12,18,21H,1-2,9-11H2/t18-/m1/s1. The Morgan fingerprint density at radius 2 is 1.96 bits per heavy atom. The van der Waals surface area contributed by atoms with Crippen molar-refractivity contribution in [3.8, 4) is 0 Å². The summed E-state index contributed by atoms with van der Waals surface area (Å²) in [6.07, 6.45) is 1.97. The predicted molar refractivity (Wildman–Crippen MR) is 104 cm³/mol. The highest BCUT2D eigenvalue weighted by Gasteiger charge is 2.33. The van der Waals surface area contributed by atoms with Crippen molar-refractivity contribution < 1.29 is 17.9 Å². The smallest absolute Gasteiger partial charge is 0.261 e. The molecule has 142 valence electrons. The van der Waals surface area contributed by atoms with Crippen LogP contribution in [0.1, 0.15) is 18.4 Å². The summed E-state index contributed by atoms with van der Waals surface area (Å²) in [5.74, 6) is -0.0519. The van der Waals surface area contributed by atoms with E-state index >= 15 is 0 Å². The number of amides is 1. The quantitative estimate of drug-likeness (QED) is 0.845. The van der Waals surface area contributed by atoms with Crippen LogP contribution >= 0.6 is 11.6 Å². The van der Waals surface area contributed by atoms with Gasteiger partial charge < -0.3 is 9.64 Å². The molecule has 2 aromatic carbocycles. The number of anilines is 2. The van der Waals surface area contributed by atoms with Crippen LogP contribution in [0, 0.1) is 0 Å². The van der Waals surface area contributed by atoms with Crippen LogP contribution in [-0.2, 0) is 26.0 Å². The van der Waals surface area contributed by atoms with Gasteiger partial charge in [0.2, 0.25) is 0 Å². The number of nitrogens with one attached hydrogen (secondary N) is 1. The lowest BCUT2D eigenvalue weighted by molar-refractivity contribution is -0.127. The maximum Gasteiger partial charge on any atom is 0.261 e. The Bertz CT molecular complexity index is 970. The topological polar surface area (TPSA) is 75.7 Å². The number of benzene rings is 2. The normalized spacial score (nSPS) is 19.1. The average molecular weight is 407 g/mol. The van der Waals surface area contributed by atoms with Gasteiger partial charge >= 0.3 is 0 Å². The summed E-state index contributed by atoms with van der Waals surface area (Å²) >= 11 is 5.82. The summed E-state index contributed by atoms with van der Waals surface area (Å²) in [4.78, 5) is 14.5. The molecule has 1 atom stereocenters. The average Bonchev–Trinajstić information content (AvgIpc) is 3.31. The van der Waals surface area contributed by atoms with E-state index in [0.717, 1.165) is 30.5 Å². The molecule has 0 aliphatic carbocycles. The molecule has 6 nitrogen and oxygen atoms in total. The van der Waals surface area contributed by atoms with Crippen LogP contribution in [0.3, 0.4) is 0 Å². The van der Waals surface area contributed by atoms with Gasteiger partial charge in [0, 0.05) is 23.9 Å². The van der Waals surface area contributed by atoms with Gasteiger partial charge in [-0.1, -0.05) is 17.7 Å². The first-order valence-electron chi connectivity index (χ1n) is 8.78. The molecule has 27 heavy (non-hydrogen) atoms. The number of ether oxygens (including phenoxy) is 1. The van der Waals surface area contributed by atoms with Crippen LogP contribution in [0.4, 0.5) is 11.4 Å². The van der Waals surface area contributed by atoms with Crippen molar-refractivity contribution in [2.75, 3.05) is 22.8 Å². The SMILES string of the molecule is O=C([C@H]1CCCO1)N1CCc2ccc(NS(=O)(=O)c3ccc(Cl)cc3)cc21. The lowest BCUT2D eigenvalue weighted by Gasteiger charge is -2.21. The Morgan fingerprint density at radius 3 is 2.67 bits per heavy atom. The van der Waals surface area contributed by atoms with E-state index in [-0.39, 0.29) is 10.8 Å². The molecule has 0 unspecified atom stereocenters. The van der Waals surface area contributed by atoms with Crippen molar-refractivity contribution in [3.05, 3.63) is 53.1 Å². The first-order valence-corrected chi connectivity index (χ1v) is 10.6. The Hall–Kier alpha value is -2.09. The summed E-state index contributed by atoms with van der Waals surface area (Å²) in [6.45, 7) is 1.19. The van der Waals surface area contributed by atoms with Crippen LogP contribution in [0.25, 0.3) is 0 Å². The number of hydrogen-bond donors (Lipinski definition) is 1. The molecule has 2 aliphatic heterocycles. The number of carbonyl (C=O) groups excluding carboxylic acids is 1. The van der Waals surface area contributed by atoms with Crippen LogP contribution in [0.2, 0.25) is 5.02 Å². The maximum absolute atomic E-state index is 12.7. The van der Waals surface area contributed by atoms with E-state index < -0.39 is 16.1 Å². The zero-order valence-corrected chi connectivity index (χ0v) is 16.1. The van der Waals surface area contributed by atoms with Crippen LogP contribution in [0.5, 0.6) is 0 Å². The van der Waals surface area contributed by atoms with E-state index in [9.17, 15) is 13.2 Å². The number of hydrogen-bond acceptors (Lipinski definition) is 4. The second kappa shape index (κ2) is 7.14. The third-order valence-corrected chi connectivity index (χ3v) is 6.48. The van der Waals surface area contributed by atoms with Gasteiger partial charge in [0.05, 0.1) is 10.6 Å². The summed E-state index contributed by atoms with van der Waals surface area (Å²) < 4.78 is 33.2. The van der Waals surface area contributed by atoms with E-state index in [4.69, 9.17) is 16.3 Å². The summed E-state index contributed by atoms with van der Waals surface area (Å²) in [5, 5.41) is 0.467. The minimum absolute atomic E-state index is 0.0519. The highest BCUT2D eigenvalue weighted by atomic mass is 35.5. The van der Waals surface area contributed by atoms with Gasteiger partial charge in [-0.25, -0.2) is 8.42 Å². The molecule has 0 saturated carbocycles. The number of halogens is 1. The largest absolute Gasteiger partial charge is 0.368 e. The van der Waals surface area contributed by atoms with Gasteiger partial charge in [0.15, 0.2) is 0 Å². The molecule has 0 bridgehead atoms. The van der Waals surface area contributed by atoms with Crippen molar-refractivity contribution in [2.45, 2.75) is 30.3 Å². The fraction of sp³-hybridized carbons (Fsp3) is 0.316. The number of fused-ring (bicyclic) bond motifs is 1. The summed E-state index contributed by atoms with van der Waals surface area (Å²) in [6, 6.07) is 11.2. The number of carbonyl (C=O) groups is 1. The van der Waals surface area contributed by atoms with Gasteiger partial charge in [-0.15, -0.1) is 0 Å². The lowest BCUT2D eigenvalue weighted by Crippen LogP contribution is -2.37. The zero-order chi connectivity index (χ0) is 19.0. The Morgan fingerprint density at radius 1 is 1.19 bits per heavy atom. The predicted octanol–water partition coefficient (Wildman–Crippen LogP) is 3.21. The van der Waals surface area contributed by atoms with E-state index in [1.54, 1.807) is 17.0 Å². The molecule has 1 saturated heterocycles. The van der Waals surface area contributed by atoms with Crippen molar-refractivity contribution >= 4 is 38.9 Å². The molecule has 0 radical (unpaired) electrons. The highest BCUT2D eigenvalue weighted by molar-refractivity contribution is 7.92. The number of sulfonamides is 1. The van der Waals surface area contributed by atoms with Crippen molar-refractivity contribution in [2.24, 2.45) is 0 Å². The van der Waals surface area contributed by atoms with Crippen LogP contribution in [0.15, 0.2) is 47.4 Å². The molecule has 2 aromatic rings. The minimum atomic E-state index is -3.74. The van der Waals surface area contributed by atoms with Gasteiger partial charge in [0.25, 0.3) is 15.9 Å². The summed E-state index contributed by atoms with van der Waals surface area (Å²) in [5.41, 5.74) is 2.18. The fourth-order valence-electron chi connectivity index (χ4n) is 3.45. The second-order valence-corrected chi connectivity index (χ2v) is 8.76. The second-order valence-electron chi connectivity index (χ2n) is 6.64. The van der Waals surface area contributed by atoms with Gasteiger partial charge in [-0.3, -0.25) is 9.52 Å². The van der Waals surface area contributed by atoms with Crippen molar-refractivity contribution in [1.82, 2.24) is 0 Å². The lowest BCUT2D eigenvalue weighted by atomic mass is 10.1. The third kappa shape index (κ3) is 3.67.